The van der Waals surface area contributed by atoms with Gasteiger partial charge >= 0.3 is 36.0 Å². The Bertz CT molecular complexity index is 730. The summed E-state index contributed by atoms with van der Waals surface area (Å²) in [6, 6.07) is 3.10. The van der Waals surface area contributed by atoms with Crippen molar-refractivity contribution >= 4 is 5.91 Å². The van der Waals surface area contributed by atoms with Gasteiger partial charge in [0.1, 0.15) is 5.82 Å². The van der Waals surface area contributed by atoms with E-state index in [0.717, 1.165) is 29.6 Å². The Morgan fingerprint density at radius 3 is 1.66 bits per heavy atom. The smallest absolute Gasteiger partial charge is 0.347 e. The number of benzene rings is 1. The van der Waals surface area contributed by atoms with Crippen LogP contribution in [0.1, 0.15) is 5.56 Å². The molecule has 0 aromatic heterocycles. The van der Waals surface area contributed by atoms with Crippen molar-refractivity contribution < 1.29 is 61.9 Å². The van der Waals surface area contributed by atoms with E-state index in [1.165, 1.54) is 0 Å². The molecule has 0 spiro atoms. The van der Waals surface area contributed by atoms with Crippen molar-refractivity contribution in [2.45, 2.75) is 42.6 Å². The van der Waals surface area contributed by atoms with Gasteiger partial charge in [0.15, 0.2) is 0 Å². The molecule has 1 aromatic carbocycles. The molecule has 0 saturated carbocycles. The lowest BCUT2D eigenvalue weighted by Crippen LogP contribution is -2.70. The molecule has 1 aromatic rings. The van der Waals surface area contributed by atoms with Crippen molar-refractivity contribution in [2.24, 2.45) is 0 Å². The van der Waals surface area contributed by atoms with Crippen molar-refractivity contribution in [2.75, 3.05) is 0 Å². The monoisotopic (exact) mass is 453 g/mol. The highest BCUT2D eigenvalue weighted by Crippen LogP contribution is 2.58. The molecule has 0 radical (unpaired) electrons. The Morgan fingerprint density at radius 1 is 0.793 bits per heavy atom. The molecule has 1 N–H and O–H groups in total. The second kappa shape index (κ2) is 7.55. The molecule has 1 amide bonds. The summed E-state index contributed by atoms with van der Waals surface area (Å²) < 4.78 is 168. The van der Waals surface area contributed by atoms with Crippen LogP contribution in [-0.4, -0.2) is 41.9 Å². The van der Waals surface area contributed by atoms with E-state index in [2.05, 4.69) is 0 Å². The maximum absolute atomic E-state index is 13.5. The number of alkyl halides is 12. The zero-order chi connectivity index (χ0) is 23.1. The van der Waals surface area contributed by atoms with Gasteiger partial charge in [-0.1, -0.05) is 12.1 Å². The molecule has 1 rings (SSSR count). The van der Waals surface area contributed by atoms with Crippen molar-refractivity contribution in [3.05, 3.63) is 35.6 Å². The number of carbonyl (C=O) groups is 1. The van der Waals surface area contributed by atoms with Crippen LogP contribution in [0.4, 0.5) is 57.1 Å². The second-order valence-electron chi connectivity index (χ2n) is 5.53. The minimum Gasteiger partial charge on any atom is -0.347 e. The van der Waals surface area contributed by atoms with Gasteiger partial charge in [-0.3, -0.25) is 4.79 Å². The molecule has 15 heteroatoms. The largest absolute Gasteiger partial charge is 0.392 e. The number of amides is 1. The topological polar surface area (TPSA) is 29.1 Å². The Balaban J connectivity index is 3.18. The quantitative estimate of drug-likeness (QED) is 0.559. The molecule has 0 heterocycles. The standard InChI is InChI=1S/C14H8F13NO/c15-7-3-1-6(2-4-7)5-28-9(29)11(20,21)13(24,25)14(26,27)12(22,23)10(18,19)8(16)17/h1-4,8H,5H2,(H,28,29). The summed E-state index contributed by atoms with van der Waals surface area (Å²) in [5.41, 5.74) is -0.236. The van der Waals surface area contributed by atoms with Gasteiger partial charge in [0.25, 0.3) is 5.91 Å². The summed E-state index contributed by atoms with van der Waals surface area (Å²) in [5.74, 6) is -41.0. The average molecular weight is 453 g/mol. The Labute approximate surface area is 152 Å². The van der Waals surface area contributed by atoms with Crippen molar-refractivity contribution in [1.82, 2.24) is 5.32 Å². The van der Waals surface area contributed by atoms with Gasteiger partial charge in [-0.25, -0.2) is 13.2 Å². The third kappa shape index (κ3) is 3.95. The van der Waals surface area contributed by atoms with Gasteiger partial charge in [-0.05, 0) is 17.7 Å². The Hall–Kier alpha value is -2.22. The Morgan fingerprint density at radius 2 is 1.24 bits per heavy atom. The van der Waals surface area contributed by atoms with Gasteiger partial charge in [-0.2, -0.15) is 43.9 Å². The SMILES string of the molecule is O=C(NCc1ccc(F)cc1)C(F)(F)C(F)(F)C(F)(F)C(F)(F)C(F)(F)C(F)F. The van der Waals surface area contributed by atoms with E-state index < -0.39 is 54.3 Å². The molecule has 0 fully saturated rings. The number of carbonyl (C=O) groups excluding carboxylic acids is 1. The molecule has 0 atom stereocenters. The summed E-state index contributed by atoms with van der Waals surface area (Å²) in [6.45, 7) is -1.11. The van der Waals surface area contributed by atoms with Crippen LogP contribution in [-0.2, 0) is 11.3 Å². The maximum Gasteiger partial charge on any atom is 0.392 e. The summed E-state index contributed by atoms with van der Waals surface area (Å²) in [7, 11) is 0. The summed E-state index contributed by atoms with van der Waals surface area (Å²) in [4.78, 5) is 11.2. The van der Waals surface area contributed by atoms with E-state index in [1.54, 1.807) is 0 Å². The molecular weight excluding hydrogens is 445 g/mol. The van der Waals surface area contributed by atoms with Crippen LogP contribution < -0.4 is 5.32 Å². The highest BCUT2D eigenvalue weighted by molar-refractivity contribution is 5.84. The fourth-order valence-electron chi connectivity index (χ4n) is 1.78. The van der Waals surface area contributed by atoms with Gasteiger partial charge in [0.05, 0.1) is 0 Å². The first-order valence-electron chi connectivity index (χ1n) is 7.04. The molecule has 0 aliphatic carbocycles. The predicted molar refractivity (Wildman–Crippen MR) is 69.0 cm³/mol. The molecule has 0 unspecified atom stereocenters. The molecular formula is C14H8F13NO. The molecule has 29 heavy (non-hydrogen) atoms. The fraction of sp³-hybridized carbons (Fsp3) is 0.500. The molecule has 166 valence electrons. The molecule has 0 bridgehead atoms. The van der Waals surface area contributed by atoms with Crippen LogP contribution in [0.2, 0.25) is 0 Å². The highest BCUT2D eigenvalue weighted by Gasteiger charge is 2.89. The van der Waals surface area contributed by atoms with Crippen LogP contribution in [0.5, 0.6) is 0 Å². The van der Waals surface area contributed by atoms with E-state index in [-0.39, 0.29) is 5.56 Å². The van der Waals surface area contributed by atoms with Gasteiger partial charge in [0.2, 0.25) is 0 Å². The normalized spacial score (nSPS) is 14.3. The van der Waals surface area contributed by atoms with E-state index in [4.69, 9.17) is 0 Å². The van der Waals surface area contributed by atoms with Crippen molar-refractivity contribution in [3.8, 4) is 0 Å². The van der Waals surface area contributed by atoms with Crippen LogP contribution >= 0.6 is 0 Å². The number of rotatable bonds is 8. The van der Waals surface area contributed by atoms with Gasteiger partial charge in [0, 0.05) is 6.54 Å². The van der Waals surface area contributed by atoms with Crippen molar-refractivity contribution in [3.63, 3.8) is 0 Å². The third-order valence-corrected chi connectivity index (χ3v) is 3.53. The number of halogens is 13. The van der Waals surface area contributed by atoms with Gasteiger partial charge < -0.3 is 5.32 Å². The van der Waals surface area contributed by atoms with Crippen LogP contribution in [0, 0.1) is 5.82 Å². The first-order valence-corrected chi connectivity index (χ1v) is 7.04. The lowest BCUT2D eigenvalue weighted by molar-refractivity contribution is -0.407. The average Bonchev–Trinajstić information content (AvgIpc) is 2.59. The number of hydrogen-bond acceptors (Lipinski definition) is 1. The second-order valence-corrected chi connectivity index (χ2v) is 5.53. The van der Waals surface area contributed by atoms with Gasteiger partial charge in [-0.15, -0.1) is 0 Å². The minimum absolute atomic E-state index is 0.236. The zero-order valence-electron chi connectivity index (χ0n) is 13.4. The number of hydrogen-bond donors (Lipinski definition) is 1. The lowest BCUT2D eigenvalue weighted by atomic mass is 9.94. The summed E-state index contributed by atoms with van der Waals surface area (Å²) in [5, 5.41) is 0.945. The summed E-state index contributed by atoms with van der Waals surface area (Å²) >= 11 is 0. The first-order chi connectivity index (χ1) is 12.8. The molecule has 2 nitrogen and oxygen atoms in total. The predicted octanol–water partition coefficient (Wildman–Crippen LogP) is 4.88. The molecule has 0 saturated heterocycles. The minimum atomic E-state index is -7.78. The summed E-state index contributed by atoms with van der Waals surface area (Å²) in [6.07, 6.45) is -5.62. The van der Waals surface area contributed by atoms with Crippen LogP contribution in [0.3, 0.4) is 0 Å². The molecule has 0 aliphatic heterocycles. The van der Waals surface area contributed by atoms with E-state index >= 15 is 0 Å². The highest BCUT2D eigenvalue weighted by atomic mass is 19.4. The molecule has 0 aliphatic rings. The maximum atomic E-state index is 13.5. The zero-order valence-corrected chi connectivity index (χ0v) is 13.4. The van der Waals surface area contributed by atoms with Crippen molar-refractivity contribution in [1.29, 1.82) is 0 Å². The lowest BCUT2D eigenvalue weighted by Gasteiger charge is -2.38. The third-order valence-electron chi connectivity index (χ3n) is 3.53. The van der Waals surface area contributed by atoms with Crippen LogP contribution in [0.15, 0.2) is 24.3 Å². The van der Waals surface area contributed by atoms with E-state index in [1.807, 2.05) is 0 Å². The van der Waals surface area contributed by atoms with E-state index in [9.17, 15) is 61.9 Å². The first kappa shape index (κ1) is 24.8. The van der Waals surface area contributed by atoms with E-state index in [0.29, 0.717) is 0 Å². The Kier molecular flexibility index (Phi) is 6.46. The fourth-order valence-corrected chi connectivity index (χ4v) is 1.78. The van der Waals surface area contributed by atoms with Crippen LogP contribution in [0.25, 0.3) is 0 Å². The number of nitrogens with one attached hydrogen (secondary N) is 1.